The Morgan fingerprint density at radius 1 is 0.347 bits per heavy atom. The summed E-state index contributed by atoms with van der Waals surface area (Å²) in [5, 5.41) is 7.78. The molecule has 0 atom stereocenters. The summed E-state index contributed by atoms with van der Waals surface area (Å²) in [6.07, 6.45) is 0. The van der Waals surface area contributed by atoms with Crippen LogP contribution in [0.15, 0.2) is 176 Å². The Hall–Kier alpha value is -5.74. The van der Waals surface area contributed by atoms with Crippen LogP contribution < -0.4 is 4.90 Å². The van der Waals surface area contributed by atoms with Crippen molar-refractivity contribution in [1.82, 2.24) is 0 Å². The highest BCUT2D eigenvalue weighted by Crippen LogP contribution is 2.46. The second-order valence-electron chi connectivity index (χ2n) is 12.5. The Morgan fingerprint density at radius 3 is 1.82 bits per heavy atom. The van der Waals surface area contributed by atoms with Crippen LogP contribution in [0.3, 0.4) is 0 Å². The molecule has 2 aromatic heterocycles. The fourth-order valence-corrected chi connectivity index (χ4v) is 9.68. The Labute approximate surface area is 292 Å². The molecule has 230 valence electrons. The molecular weight excluding hydrogens is 631 g/mol. The highest BCUT2D eigenvalue weighted by molar-refractivity contribution is 7.26. The van der Waals surface area contributed by atoms with E-state index in [2.05, 4.69) is 181 Å². The second kappa shape index (κ2) is 11.5. The van der Waals surface area contributed by atoms with Gasteiger partial charge in [0.1, 0.15) is 0 Å². The van der Waals surface area contributed by atoms with Crippen molar-refractivity contribution in [3.05, 3.63) is 176 Å². The Morgan fingerprint density at radius 2 is 0.959 bits per heavy atom. The maximum Gasteiger partial charge on any atom is 0.0640 e. The fourth-order valence-electron chi connectivity index (χ4n) is 7.34. The standard InChI is InChI=1S/C46H29NS2/c1-2-14-36-31(10-1)11-8-17-37(36)33-13-7-12-32(28-33)30-22-24-34(25-23-30)47(35-26-27-40-38-15-3-5-20-43(38)48-45(40)29-35)42-19-9-18-41-39-16-4-6-21-44(39)49-46(41)42/h1-29H. The predicted octanol–water partition coefficient (Wildman–Crippen LogP) is 14.4. The normalized spacial score (nSPS) is 11.7. The van der Waals surface area contributed by atoms with E-state index >= 15 is 0 Å². The Bertz CT molecular complexity index is 2830. The van der Waals surface area contributed by atoms with Gasteiger partial charge in [-0.1, -0.05) is 127 Å². The molecule has 49 heavy (non-hydrogen) atoms. The molecule has 0 aliphatic heterocycles. The summed E-state index contributed by atoms with van der Waals surface area (Å²) in [6.45, 7) is 0. The van der Waals surface area contributed by atoms with Gasteiger partial charge in [0.15, 0.2) is 0 Å². The molecule has 0 saturated carbocycles. The number of nitrogens with zero attached hydrogens (tertiary/aromatic N) is 1. The van der Waals surface area contributed by atoms with Gasteiger partial charge in [0.2, 0.25) is 0 Å². The topological polar surface area (TPSA) is 3.24 Å². The summed E-state index contributed by atoms with van der Waals surface area (Å²) in [4.78, 5) is 2.44. The van der Waals surface area contributed by atoms with E-state index in [0.717, 1.165) is 11.4 Å². The van der Waals surface area contributed by atoms with E-state index < -0.39 is 0 Å². The van der Waals surface area contributed by atoms with Crippen LogP contribution in [0.5, 0.6) is 0 Å². The minimum absolute atomic E-state index is 1.14. The van der Waals surface area contributed by atoms with Gasteiger partial charge in [0.25, 0.3) is 0 Å². The number of thiophene rings is 2. The van der Waals surface area contributed by atoms with E-state index in [1.165, 1.54) is 79.1 Å². The number of hydrogen-bond donors (Lipinski definition) is 0. The van der Waals surface area contributed by atoms with Crippen LogP contribution in [0.4, 0.5) is 17.1 Å². The summed E-state index contributed by atoms with van der Waals surface area (Å²) < 4.78 is 5.23. The third-order valence-electron chi connectivity index (χ3n) is 9.67. The molecule has 8 aromatic carbocycles. The molecule has 0 radical (unpaired) electrons. The van der Waals surface area contributed by atoms with Gasteiger partial charge in [-0.05, 0) is 81.6 Å². The second-order valence-corrected chi connectivity index (χ2v) is 14.7. The molecule has 0 bridgehead atoms. The monoisotopic (exact) mass is 659 g/mol. The summed E-state index contributed by atoms with van der Waals surface area (Å²) in [7, 11) is 0. The van der Waals surface area contributed by atoms with Gasteiger partial charge in [0.05, 0.1) is 10.4 Å². The Kier molecular flexibility index (Phi) is 6.61. The van der Waals surface area contributed by atoms with Gasteiger partial charge >= 0.3 is 0 Å². The molecule has 0 N–H and O–H groups in total. The van der Waals surface area contributed by atoms with Crippen LogP contribution in [0, 0.1) is 0 Å². The first kappa shape index (κ1) is 28.3. The summed E-state index contributed by atoms with van der Waals surface area (Å²) >= 11 is 3.74. The van der Waals surface area contributed by atoms with Gasteiger partial charge in [-0.3, -0.25) is 0 Å². The average molecular weight is 660 g/mol. The highest BCUT2D eigenvalue weighted by Gasteiger charge is 2.19. The van der Waals surface area contributed by atoms with Crippen molar-refractivity contribution >= 4 is 90.9 Å². The molecule has 0 fully saturated rings. The summed E-state index contributed by atoms with van der Waals surface area (Å²) in [6, 6.07) is 64.4. The van der Waals surface area contributed by atoms with Crippen LogP contribution in [0.2, 0.25) is 0 Å². The third kappa shape index (κ3) is 4.74. The summed E-state index contributed by atoms with van der Waals surface area (Å²) in [5.74, 6) is 0. The van der Waals surface area contributed by atoms with Crippen LogP contribution in [-0.2, 0) is 0 Å². The zero-order valence-electron chi connectivity index (χ0n) is 26.5. The molecule has 0 aliphatic rings. The molecule has 10 aromatic rings. The quantitative estimate of drug-likeness (QED) is 0.178. The van der Waals surface area contributed by atoms with Crippen molar-refractivity contribution in [1.29, 1.82) is 0 Å². The van der Waals surface area contributed by atoms with Gasteiger partial charge in [0, 0.05) is 47.0 Å². The van der Waals surface area contributed by atoms with Crippen molar-refractivity contribution < 1.29 is 0 Å². The number of benzene rings is 8. The van der Waals surface area contributed by atoms with Crippen molar-refractivity contribution in [2.45, 2.75) is 0 Å². The number of hydrogen-bond acceptors (Lipinski definition) is 3. The number of anilines is 3. The SMILES string of the molecule is c1cc(-c2ccc(N(c3ccc4c(c3)sc3ccccc34)c3cccc4c3sc3ccccc34)cc2)cc(-c2cccc3ccccc23)c1. The van der Waals surface area contributed by atoms with Crippen molar-refractivity contribution in [3.8, 4) is 22.3 Å². The molecule has 0 spiro atoms. The average Bonchev–Trinajstić information content (AvgIpc) is 3.74. The molecular formula is C46H29NS2. The molecule has 10 rings (SSSR count). The third-order valence-corrected chi connectivity index (χ3v) is 12.0. The van der Waals surface area contributed by atoms with Gasteiger partial charge < -0.3 is 4.90 Å². The predicted molar refractivity (Wildman–Crippen MR) is 215 cm³/mol. The van der Waals surface area contributed by atoms with E-state index in [0.29, 0.717) is 0 Å². The lowest BCUT2D eigenvalue weighted by atomic mass is 9.95. The molecule has 0 saturated heterocycles. The van der Waals surface area contributed by atoms with Crippen LogP contribution in [-0.4, -0.2) is 0 Å². The smallest absolute Gasteiger partial charge is 0.0640 e. The molecule has 2 heterocycles. The fraction of sp³-hybridized carbons (Fsp3) is 0. The van der Waals surface area contributed by atoms with E-state index in [-0.39, 0.29) is 0 Å². The van der Waals surface area contributed by atoms with E-state index in [4.69, 9.17) is 0 Å². The highest BCUT2D eigenvalue weighted by atomic mass is 32.1. The van der Waals surface area contributed by atoms with E-state index in [9.17, 15) is 0 Å². The molecule has 3 heteroatoms. The van der Waals surface area contributed by atoms with Crippen LogP contribution >= 0.6 is 22.7 Å². The van der Waals surface area contributed by atoms with E-state index in [1.54, 1.807) is 0 Å². The van der Waals surface area contributed by atoms with E-state index in [1.807, 2.05) is 22.7 Å². The minimum atomic E-state index is 1.14. The first-order chi connectivity index (χ1) is 24.3. The largest absolute Gasteiger partial charge is 0.309 e. The number of rotatable bonds is 5. The summed E-state index contributed by atoms with van der Waals surface area (Å²) in [5.41, 5.74) is 8.40. The molecule has 1 nitrogen and oxygen atoms in total. The molecule has 0 unspecified atom stereocenters. The minimum Gasteiger partial charge on any atom is -0.309 e. The first-order valence-corrected chi connectivity index (χ1v) is 18.2. The number of fused-ring (bicyclic) bond motifs is 7. The lowest BCUT2D eigenvalue weighted by Crippen LogP contribution is -2.09. The lowest BCUT2D eigenvalue weighted by molar-refractivity contribution is 1.31. The Balaban J connectivity index is 1.11. The van der Waals surface area contributed by atoms with Crippen LogP contribution in [0.1, 0.15) is 0 Å². The zero-order chi connectivity index (χ0) is 32.3. The molecule has 0 amide bonds. The zero-order valence-corrected chi connectivity index (χ0v) is 28.1. The van der Waals surface area contributed by atoms with Crippen LogP contribution in [0.25, 0.3) is 73.4 Å². The van der Waals surface area contributed by atoms with Crippen molar-refractivity contribution in [2.75, 3.05) is 4.90 Å². The van der Waals surface area contributed by atoms with Gasteiger partial charge in [-0.15, -0.1) is 22.7 Å². The van der Waals surface area contributed by atoms with Gasteiger partial charge in [-0.25, -0.2) is 0 Å². The lowest BCUT2D eigenvalue weighted by Gasteiger charge is -2.26. The first-order valence-electron chi connectivity index (χ1n) is 16.6. The van der Waals surface area contributed by atoms with Gasteiger partial charge in [-0.2, -0.15) is 0 Å². The molecule has 0 aliphatic carbocycles. The maximum absolute atomic E-state index is 2.44. The van der Waals surface area contributed by atoms with Crippen molar-refractivity contribution in [3.63, 3.8) is 0 Å². The maximum atomic E-state index is 2.44. The van der Waals surface area contributed by atoms with Crippen molar-refractivity contribution in [2.24, 2.45) is 0 Å².